The highest BCUT2D eigenvalue weighted by Crippen LogP contribution is 2.36. The van der Waals surface area contributed by atoms with Gasteiger partial charge in [0, 0.05) is 14.9 Å². The normalized spacial score (nSPS) is 11.2. The maximum absolute atomic E-state index is 12.4. The Morgan fingerprint density at radius 1 is 1.33 bits per heavy atom. The van der Waals surface area contributed by atoms with Crippen LogP contribution < -0.4 is 5.56 Å². The molecule has 0 amide bonds. The molecular weight excluding hydrogens is 372 g/mol. The lowest BCUT2D eigenvalue weighted by Crippen LogP contribution is -2.10. The first-order chi connectivity index (χ1) is 10.1. The van der Waals surface area contributed by atoms with Crippen molar-refractivity contribution in [3.63, 3.8) is 0 Å². The van der Waals surface area contributed by atoms with Gasteiger partial charge in [-0.15, -0.1) is 22.9 Å². The zero-order chi connectivity index (χ0) is 15.0. The molecule has 0 fully saturated rings. The molecule has 0 spiro atoms. The largest absolute Gasteiger partial charge is 0.309 e. The Bertz CT molecular complexity index is 854. The molecule has 6 heteroatoms. The fraction of sp³-hybridized carbons (Fsp3) is 0.200. The maximum Gasteiger partial charge on any atom is 0.260 e. The van der Waals surface area contributed by atoms with Crippen LogP contribution in [0, 0.1) is 0 Å². The minimum atomic E-state index is -0.121. The van der Waals surface area contributed by atoms with E-state index in [-0.39, 0.29) is 11.4 Å². The summed E-state index contributed by atoms with van der Waals surface area (Å²) in [6.07, 6.45) is 0.863. The number of alkyl halides is 1. The molecule has 3 rings (SSSR count). The average molecular weight is 384 g/mol. The molecule has 3 nitrogen and oxygen atoms in total. The maximum atomic E-state index is 12.4. The fourth-order valence-electron chi connectivity index (χ4n) is 2.33. The van der Waals surface area contributed by atoms with Crippen molar-refractivity contribution in [2.24, 2.45) is 0 Å². The first-order valence-electron chi connectivity index (χ1n) is 6.50. The highest BCUT2D eigenvalue weighted by molar-refractivity contribution is 9.10. The molecule has 0 saturated carbocycles. The average Bonchev–Trinajstić information content (AvgIpc) is 2.87. The van der Waals surface area contributed by atoms with E-state index in [1.54, 1.807) is 11.3 Å². The van der Waals surface area contributed by atoms with Crippen LogP contribution in [0.4, 0.5) is 0 Å². The zero-order valence-corrected chi connectivity index (χ0v) is 14.4. The van der Waals surface area contributed by atoms with Crippen LogP contribution >= 0.6 is 38.9 Å². The van der Waals surface area contributed by atoms with Gasteiger partial charge in [0.15, 0.2) is 0 Å². The van der Waals surface area contributed by atoms with Gasteiger partial charge in [0.25, 0.3) is 5.56 Å². The quantitative estimate of drug-likeness (QED) is 0.665. The Labute approximate surface area is 139 Å². The molecule has 0 bridgehead atoms. The van der Waals surface area contributed by atoms with E-state index in [1.807, 2.05) is 24.3 Å². The molecular formula is C15H12BrClN2OS. The van der Waals surface area contributed by atoms with E-state index in [0.29, 0.717) is 11.2 Å². The monoisotopic (exact) mass is 382 g/mol. The van der Waals surface area contributed by atoms with Crippen molar-refractivity contribution < 1.29 is 0 Å². The molecule has 0 aliphatic carbocycles. The first-order valence-corrected chi connectivity index (χ1v) is 8.65. The molecule has 0 saturated heterocycles. The number of benzene rings is 1. The van der Waals surface area contributed by atoms with E-state index in [0.717, 1.165) is 31.7 Å². The van der Waals surface area contributed by atoms with E-state index < -0.39 is 0 Å². The molecule has 0 aliphatic heterocycles. The predicted molar refractivity (Wildman–Crippen MR) is 92.3 cm³/mol. The molecule has 2 aromatic heterocycles. The number of aryl methyl sites for hydroxylation is 1. The molecule has 0 unspecified atom stereocenters. The summed E-state index contributed by atoms with van der Waals surface area (Å²) in [7, 11) is 0. The van der Waals surface area contributed by atoms with Crippen molar-refractivity contribution in [3.05, 3.63) is 49.8 Å². The van der Waals surface area contributed by atoms with Crippen molar-refractivity contribution in [1.29, 1.82) is 0 Å². The van der Waals surface area contributed by atoms with Gasteiger partial charge in [-0.1, -0.05) is 35.0 Å². The molecule has 108 valence electrons. The van der Waals surface area contributed by atoms with Gasteiger partial charge in [-0.25, -0.2) is 4.98 Å². The number of thiophene rings is 1. The van der Waals surface area contributed by atoms with Crippen molar-refractivity contribution in [1.82, 2.24) is 9.97 Å². The molecule has 21 heavy (non-hydrogen) atoms. The third-order valence-electron chi connectivity index (χ3n) is 3.26. The second-order valence-corrected chi connectivity index (χ2v) is 6.85. The minimum absolute atomic E-state index is 0.121. The van der Waals surface area contributed by atoms with E-state index in [1.165, 1.54) is 0 Å². The third kappa shape index (κ3) is 2.65. The van der Waals surface area contributed by atoms with Crippen molar-refractivity contribution in [3.8, 4) is 11.1 Å². The van der Waals surface area contributed by atoms with Crippen LogP contribution in [0.5, 0.6) is 0 Å². The second-order valence-electron chi connectivity index (χ2n) is 4.59. The molecule has 0 atom stereocenters. The summed E-state index contributed by atoms with van der Waals surface area (Å²) in [6, 6.07) is 7.99. The number of aromatic amines is 1. The number of nitrogens with zero attached hydrogens (tertiary/aromatic N) is 1. The summed E-state index contributed by atoms with van der Waals surface area (Å²) in [6.45, 7) is 2.09. The number of nitrogens with one attached hydrogen (secondary N) is 1. The Balaban J connectivity index is 2.35. The highest BCUT2D eigenvalue weighted by atomic mass is 79.9. The number of aromatic nitrogens is 2. The Hall–Kier alpha value is -1.17. The Morgan fingerprint density at radius 3 is 2.67 bits per heavy atom. The second kappa shape index (κ2) is 5.91. The van der Waals surface area contributed by atoms with Gasteiger partial charge in [-0.2, -0.15) is 0 Å². The van der Waals surface area contributed by atoms with Crippen molar-refractivity contribution >= 4 is 49.1 Å². The number of rotatable bonds is 3. The lowest BCUT2D eigenvalue weighted by Gasteiger charge is -2.03. The SMILES string of the molecule is CCc1sc2nc(CCl)[nH]c(=O)c2c1-c1ccc(Br)cc1. The lowest BCUT2D eigenvalue weighted by atomic mass is 10.0. The number of fused-ring (bicyclic) bond motifs is 1. The van der Waals surface area contributed by atoms with E-state index >= 15 is 0 Å². The van der Waals surface area contributed by atoms with E-state index in [2.05, 4.69) is 32.8 Å². The van der Waals surface area contributed by atoms with Crippen LogP contribution in [-0.4, -0.2) is 9.97 Å². The van der Waals surface area contributed by atoms with Gasteiger partial charge in [-0.05, 0) is 24.1 Å². The summed E-state index contributed by atoms with van der Waals surface area (Å²) in [4.78, 5) is 21.5. The Morgan fingerprint density at radius 2 is 2.05 bits per heavy atom. The van der Waals surface area contributed by atoms with Crippen LogP contribution in [0.2, 0.25) is 0 Å². The number of H-pyrrole nitrogens is 1. The summed E-state index contributed by atoms with van der Waals surface area (Å²) < 4.78 is 1.01. The molecule has 1 aromatic carbocycles. The van der Waals surface area contributed by atoms with Crippen LogP contribution in [0.3, 0.4) is 0 Å². The third-order valence-corrected chi connectivity index (χ3v) is 5.27. The molecule has 1 N–H and O–H groups in total. The fourth-order valence-corrected chi connectivity index (χ4v) is 3.88. The molecule has 0 radical (unpaired) electrons. The summed E-state index contributed by atoms with van der Waals surface area (Å²) in [5, 5.41) is 0.660. The van der Waals surface area contributed by atoms with E-state index in [9.17, 15) is 4.79 Å². The van der Waals surface area contributed by atoms with Crippen LogP contribution in [0.15, 0.2) is 33.5 Å². The lowest BCUT2D eigenvalue weighted by molar-refractivity contribution is 1.04. The minimum Gasteiger partial charge on any atom is -0.309 e. The smallest absolute Gasteiger partial charge is 0.260 e. The van der Waals surface area contributed by atoms with E-state index in [4.69, 9.17) is 11.6 Å². The number of hydrogen-bond acceptors (Lipinski definition) is 3. The first kappa shape index (κ1) is 14.8. The van der Waals surface area contributed by atoms with Gasteiger partial charge in [0.1, 0.15) is 10.7 Å². The summed E-state index contributed by atoms with van der Waals surface area (Å²) in [5.41, 5.74) is 1.90. The predicted octanol–water partition coefficient (Wildman–Crippen LogP) is 4.72. The number of halogens is 2. The van der Waals surface area contributed by atoms with Crippen LogP contribution in [0.1, 0.15) is 17.6 Å². The van der Waals surface area contributed by atoms with Gasteiger partial charge in [-0.3, -0.25) is 4.79 Å². The number of hydrogen-bond donors (Lipinski definition) is 1. The summed E-state index contributed by atoms with van der Waals surface area (Å²) in [5.74, 6) is 0.721. The standard InChI is InChI=1S/C15H12BrClN2OS/c1-2-10-12(8-3-5-9(16)6-4-8)13-14(20)18-11(7-17)19-15(13)21-10/h3-6H,2,7H2,1H3,(H,18,19,20). The van der Waals surface area contributed by atoms with Crippen LogP contribution in [-0.2, 0) is 12.3 Å². The van der Waals surface area contributed by atoms with Crippen molar-refractivity contribution in [2.75, 3.05) is 0 Å². The molecule has 2 heterocycles. The Kier molecular flexibility index (Phi) is 4.15. The van der Waals surface area contributed by atoms with Gasteiger partial charge in [0.2, 0.25) is 0 Å². The van der Waals surface area contributed by atoms with Crippen LogP contribution in [0.25, 0.3) is 21.3 Å². The zero-order valence-electron chi connectivity index (χ0n) is 11.2. The van der Waals surface area contributed by atoms with Crippen molar-refractivity contribution in [2.45, 2.75) is 19.2 Å². The van der Waals surface area contributed by atoms with Gasteiger partial charge < -0.3 is 4.98 Å². The molecule has 3 aromatic rings. The molecule has 0 aliphatic rings. The summed E-state index contributed by atoms with van der Waals surface area (Å²) >= 11 is 10.8. The van der Waals surface area contributed by atoms with Gasteiger partial charge >= 0.3 is 0 Å². The van der Waals surface area contributed by atoms with Gasteiger partial charge in [0.05, 0.1) is 11.3 Å². The highest BCUT2D eigenvalue weighted by Gasteiger charge is 2.17. The topological polar surface area (TPSA) is 45.8 Å².